The van der Waals surface area contributed by atoms with E-state index in [9.17, 15) is 14.4 Å². The lowest BCUT2D eigenvalue weighted by atomic mass is 10.2. The Morgan fingerprint density at radius 2 is 2.06 bits per heavy atom. The van der Waals surface area contributed by atoms with Crippen LogP contribution < -0.4 is 5.32 Å². The summed E-state index contributed by atoms with van der Waals surface area (Å²) in [6.45, 7) is 0. The largest absolute Gasteiger partial charge is 0.478 e. The van der Waals surface area contributed by atoms with Gasteiger partial charge in [-0.15, -0.1) is 0 Å². The third kappa shape index (κ3) is 2.17. The Morgan fingerprint density at radius 3 is 2.61 bits per heavy atom. The van der Waals surface area contributed by atoms with Gasteiger partial charge in [0.1, 0.15) is 0 Å². The zero-order valence-corrected chi connectivity index (χ0v) is 10.2. The average Bonchev–Trinajstić information content (AvgIpc) is 2.57. The maximum Gasteiger partial charge on any atom is 0.337 e. The van der Waals surface area contributed by atoms with Crippen LogP contribution in [-0.4, -0.2) is 39.5 Å². The van der Waals surface area contributed by atoms with E-state index in [1.807, 2.05) is 0 Å². The highest BCUT2D eigenvalue weighted by molar-refractivity contribution is 8.15. The number of thioether (sulfide) groups is 1. The van der Waals surface area contributed by atoms with Gasteiger partial charge < -0.3 is 10.4 Å². The van der Waals surface area contributed by atoms with Crippen molar-refractivity contribution in [3.8, 4) is 0 Å². The molecule has 1 aromatic carbocycles. The van der Waals surface area contributed by atoms with Gasteiger partial charge in [0.25, 0.3) is 11.1 Å². The van der Waals surface area contributed by atoms with Gasteiger partial charge in [-0.25, -0.2) is 4.79 Å². The smallest absolute Gasteiger partial charge is 0.337 e. The van der Waals surface area contributed by atoms with Crippen LogP contribution in [0.4, 0.5) is 10.5 Å². The van der Waals surface area contributed by atoms with Crippen molar-refractivity contribution in [3.63, 3.8) is 0 Å². The monoisotopic (exact) mass is 266 g/mol. The van der Waals surface area contributed by atoms with E-state index in [0.29, 0.717) is 5.69 Å². The van der Waals surface area contributed by atoms with Crippen LogP contribution >= 0.6 is 11.8 Å². The molecule has 2 amide bonds. The Labute approximate surface area is 107 Å². The highest BCUT2D eigenvalue weighted by atomic mass is 32.2. The van der Waals surface area contributed by atoms with E-state index in [-0.39, 0.29) is 16.7 Å². The standard InChI is InChI=1S/C11H10N2O4S/c1-13-9(14)8(18-11(13)17)12-7-5-3-2-4-6(7)10(15)16/h2-5,8,12H,1H3,(H,15,16)/t8-/m0/s1. The number of amides is 2. The van der Waals surface area contributed by atoms with Gasteiger partial charge in [-0.1, -0.05) is 12.1 Å². The second kappa shape index (κ2) is 4.69. The molecule has 94 valence electrons. The summed E-state index contributed by atoms with van der Waals surface area (Å²) in [6, 6.07) is 6.24. The Bertz CT molecular complexity index is 532. The number of para-hydroxylation sites is 1. The summed E-state index contributed by atoms with van der Waals surface area (Å²) in [7, 11) is 1.39. The second-order valence-corrected chi connectivity index (χ2v) is 4.71. The summed E-state index contributed by atoms with van der Waals surface area (Å²) >= 11 is 0.830. The lowest BCUT2D eigenvalue weighted by molar-refractivity contribution is -0.125. The van der Waals surface area contributed by atoms with Gasteiger partial charge in [0.2, 0.25) is 0 Å². The molecule has 6 nitrogen and oxygen atoms in total. The van der Waals surface area contributed by atoms with Crippen molar-refractivity contribution in [2.75, 3.05) is 12.4 Å². The first-order valence-corrected chi connectivity index (χ1v) is 5.95. The van der Waals surface area contributed by atoms with Gasteiger partial charge >= 0.3 is 5.97 Å². The molecule has 1 saturated heterocycles. The van der Waals surface area contributed by atoms with Gasteiger partial charge in [0, 0.05) is 12.7 Å². The quantitative estimate of drug-likeness (QED) is 0.861. The molecule has 1 aromatic rings. The summed E-state index contributed by atoms with van der Waals surface area (Å²) in [4.78, 5) is 35.0. The predicted octanol–water partition coefficient (Wildman–Crippen LogP) is 1.45. The van der Waals surface area contributed by atoms with Gasteiger partial charge in [-0.3, -0.25) is 14.5 Å². The molecular weight excluding hydrogens is 256 g/mol. The number of imide groups is 1. The number of carboxylic acid groups (broad SMARTS) is 1. The van der Waals surface area contributed by atoms with Crippen molar-refractivity contribution in [2.24, 2.45) is 0 Å². The van der Waals surface area contributed by atoms with Crippen LogP contribution in [0, 0.1) is 0 Å². The number of aromatic carboxylic acids is 1. The number of nitrogens with zero attached hydrogens (tertiary/aromatic N) is 1. The first-order valence-electron chi connectivity index (χ1n) is 5.07. The van der Waals surface area contributed by atoms with Crippen LogP contribution in [-0.2, 0) is 4.79 Å². The number of benzene rings is 1. The molecule has 1 aliphatic heterocycles. The third-order valence-corrected chi connectivity index (χ3v) is 3.52. The van der Waals surface area contributed by atoms with Gasteiger partial charge in [-0.05, 0) is 23.9 Å². The summed E-state index contributed by atoms with van der Waals surface area (Å²) < 4.78 is 0. The highest BCUT2D eigenvalue weighted by Gasteiger charge is 2.37. The van der Waals surface area contributed by atoms with Crippen LogP contribution in [0.1, 0.15) is 10.4 Å². The maximum absolute atomic E-state index is 11.7. The number of carbonyl (C=O) groups is 3. The van der Waals surface area contributed by atoms with Crippen LogP contribution in [0.25, 0.3) is 0 Å². The third-order valence-electron chi connectivity index (χ3n) is 2.49. The van der Waals surface area contributed by atoms with E-state index in [1.165, 1.54) is 13.1 Å². The molecule has 0 aromatic heterocycles. The van der Waals surface area contributed by atoms with Crippen molar-refractivity contribution in [1.82, 2.24) is 4.90 Å². The Kier molecular flexibility index (Phi) is 3.24. The highest BCUT2D eigenvalue weighted by Crippen LogP contribution is 2.28. The maximum atomic E-state index is 11.7. The number of hydrogen-bond donors (Lipinski definition) is 2. The van der Waals surface area contributed by atoms with Gasteiger partial charge in [0.15, 0.2) is 5.37 Å². The lowest BCUT2D eigenvalue weighted by Crippen LogP contribution is -2.31. The minimum Gasteiger partial charge on any atom is -0.478 e. The molecule has 1 heterocycles. The van der Waals surface area contributed by atoms with Gasteiger partial charge in [-0.2, -0.15) is 0 Å². The van der Waals surface area contributed by atoms with Crippen molar-refractivity contribution in [3.05, 3.63) is 29.8 Å². The van der Waals surface area contributed by atoms with Crippen LogP contribution in [0.2, 0.25) is 0 Å². The molecule has 0 saturated carbocycles. The average molecular weight is 266 g/mol. The van der Waals surface area contributed by atoms with Crippen LogP contribution in [0.3, 0.4) is 0 Å². The topological polar surface area (TPSA) is 86.7 Å². The number of likely N-dealkylation sites (N-methyl/N-ethyl adjacent to an activating group) is 1. The molecular formula is C11H10N2O4S. The summed E-state index contributed by atoms with van der Waals surface area (Å²) in [5.41, 5.74) is 0.381. The lowest BCUT2D eigenvalue weighted by Gasteiger charge is -2.13. The first kappa shape index (κ1) is 12.4. The Hall–Kier alpha value is -2.02. The van der Waals surface area contributed by atoms with Crippen molar-refractivity contribution < 1.29 is 19.5 Å². The van der Waals surface area contributed by atoms with Crippen molar-refractivity contribution in [1.29, 1.82) is 0 Å². The zero-order chi connectivity index (χ0) is 13.3. The minimum absolute atomic E-state index is 0.0629. The van der Waals surface area contributed by atoms with Gasteiger partial charge in [0.05, 0.1) is 5.56 Å². The normalized spacial score (nSPS) is 19.2. The molecule has 0 unspecified atom stereocenters. The van der Waals surface area contributed by atoms with Crippen LogP contribution in [0.15, 0.2) is 24.3 Å². The SMILES string of the molecule is CN1C(=O)S[C@H](Nc2ccccc2C(=O)O)C1=O. The van der Waals surface area contributed by atoms with Crippen molar-refractivity contribution in [2.45, 2.75) is 5.37 Å². The molecule has 1 fully saturated rings. The number of hydrogen-bond acceptors (Lipinski definition) is 5. The Morgan fingerprint density at radius 1 is 1.39 bits per heavy atom. The van der Waals surface area contributed by atoms with Crippen LogP contribution in [0.5, 0.6) is 0 Å². The molecule has 0 bridgehead atoms. The number of carbonyl (C=O) groups excluding carboxylic acids is 2. The number of rotatable bonds is 3. The Balaban J connectivity index is 2.23. The fourth-order valence-corrected chi connectivity index (χ4v) is 2.42. The minimum atomic E-state index is -1.09. The summed E-state index contributed by atoms with van der Waals surface area (Å²) in [6.07, 6.45) is 0. The molecule has 2 N–H and O–H groups in total. The molecule has 0 radical (unpaired) electrons. The summed E-state index contributed by atoms with van der Waals surface area (Å²) in [5.74, 6) is -1.47. The molecule has 7 heteroatoms. The molecule has 18 heavy (non-hydrogen) atoms. The van der Waals surface area contributed by atoms with E-state index in [0.717, 1.165) is 16.7 Å². The van der Waals surface area contributed by atoms with E-state index in [2.05, 4.69) is 5.32 Å². The first-order chi connectivity index (χ1) is 8.50. The molecule has 0 spiro atoms. The number of anilines is 1. The molecule has 0 aliphatic carbocycles. The molecule has 2 rings (SSSR count). The summed E-state index contributed by atoms with van der Waals surface area (Å²) in [5, 5.41) is 10.6. The van der Waals surface area contributed by atoms with Crippen molar-refractivity contribution >= 4 is 34.6 Å². The van der Waals surface area contributed by atoms with E-state index >= 15 is 0 Å². The number of carboxylic acids is 1. The fraction of sp³-hybridized carbons (Fsp3) is 0.182. The van der Waals surface area contributed by atoms with E-state index in [4.69, 9.17) is 5.11 Å². The van der Waals surface area contributed by atoms with E-state index < -0.39 is 11.3 Å². The second-order valence-electron chi connectivity index (χ2n) is 3.66. The molecule has 1 aliphatic rings. The fourth-order valence-electron chi connectivity index (χ4n) is 1.52. The predicted molar refractivity (Wildman–Crippen MR) is 66.6 cm³/mol. The van der Waals surface area contributed by atoms with E-state index in [1.54, 1.807) is 18.2 Å². The number of nitrogens with one attached hydrogen (secondary N) is 1. The zero-order valence-electron chi connectivity index (χ0n) is 9.41. The molecule has 1 atom stereocenters.